The number of hydrogen-bond acceptors (Lipinski definition) is 6. The van der Waals surface area contributed by atoms with Crippen LogP contribution in [0, 0.1) is 10.1 Å². The number of nitrogens with one attached hydrogen (secondary N) is 1. The van der Waals surface area contributed by atoms with Crippen molar-refractivity contribution in [1.82, 2.24) is 9.80 Å². The van der Waals surface area contributed by atoms with Crippen molar-refractivity contribution in [3.63, 3.8) is 0 Å². The molecule has 1 aliphatic rings. The molecule has 10 nitrogen and oxygen atoms in total. The molecule has 1 aliphatic heterocycles. The molecule has 2 rings (SSSR count). The van der Waals surface area contributed by atoms with Gasteiger partial charge in [0.1, 0.15) is 5.75 Å². The first-order valence-corrected chi connectivity index (χ1v) is 9.37. The summed E-state index contributed by atoms with van der Waals surface area (Å²) >= 11 is 0. The van der Waals surface area contributed by atoms with E-state index in [2.05, 4.69) is 5.32 Å². The van der Waals surface area contributed by atoms with Crippen molar-refractivity contribution in [3.8, 4) is 5.75 Å². The van der Waals surface area contributed by atoms with Crippen molar-refractivity contribution in [3.05, 3.63) is 27.8 Å². The molecule has 1 atom stereocenters. The largest absolute Gasteiger partial charge is 0.494 e. The molecule has 10 heteroatoms. The third kappa shape index (κ3) is 4.69. The average Bonchev–Trinajstić information content (AvgIpc) is 2.64. The lowest BCUT2D eigenvalue weighted by atomic mass is 9.97. The van der Waals surface area contributed by atoms with Crippen molar-refractivity contribution in [1.29, 1.82) is 0 Å². The molecule has 0 spiro atoms. The summed E-state index contributed by atoms with van der Waals surface area (Å²) in [7, 11) is 2.91. The van der Waals surface area contributed by atoms with E-state index >= 15 is 0 Å². The standard InChI is InChI=1S/C19H28N4O6/c1-19(2,3)22(18(25)26)13-7-6-8-21(11-13)17(24)12-9-14(23(27)28)16(20-4)15(10-12)29-5/h9-10,13,20H,6-8,11H2,1-5H3,(H,25,26)/t13-/m1/s1. The minimum Gasteiger partial charge on any atom is -0.494 e. The zero-order valence-electron chi connectivity index (χ0n) is 17.4. The fourth-order valence-electron chi connectivity index (χ4n) is 3.80. The molecule has 0 unspecified atom stereocenters. The normalized spacial score (nSPS) is 16.9. The quantitative estimate of drug-likeness (QED) is 0.566. The number of benzene rings is 1. The van der Waals surface area contributed by atoms with E-state index < -0.39 is 22.5 Å². The maximum atomic E-state index is 13.1. The molecule has 29 heavy (non-hydrogen) atoms. The minimum atomic E-state index is -1.03. The summed E-state index contributed by atoms with van der Waals surface area (Å²) in [5.74, 6) is -0.196. The number of nitro groups is 1. The Morgan fingerprint density at radius 1 is 1.38 bits per heavy atom. The zero-order valence-corrected chi connectivity index (χ0v) is 17.4. The van der Waals surface area contributed by atoms with E-state index in [4.69, 9.17) is 4.74 Å². The SMILES string of the molecule is CNc1c(OC)cc(C(=O)N2CCC[C@@H](N(C(=O)O)C(C)(C)C)C2)cc1[N+](=O)[O-]. The fourth-order valence-corrected chi connectivity index (χ4v) is 3.80. The number of carbonyl (C=O) groups excluding carboxylic acids is 1. The van der Waals surface area contributed by atoms with Gasteiger partial charge in [0.2, 0.25) is 0 Å². The number of nitro benzene ring substituents is 1. The molecule has 2 amide bonds. The second-order valence-corrected chi connectivity index (χ2v) is 7.95. The maximum absolute atomic E-state index is 13.1. The lowest BCUT2D eigenvalue weighted by Gasteiger charge is -2.44. The van der Waals surface area contributed by atoms with Crippen LogP contribution in [0.25, 0.3) is 0 Å². The Morgan fingerprint density at radius 2 is 2.03 bits per heavy atom. The predicted octanol–water partition coefficient (Wildman–Crippen LogP) is 3.03. The number of amides is 2. The monoisotopic (exact) mass is 408 g/mol. The van der Waals surface area contributed by atoms with Gasteiger partial charge in [-0.1, -0.05) is 0 Å². The van der Waals surface area contributed by atoms with Gasteiger partial charge in [0.15, 0.2) is 5.69 Å². The van der Waals surface area contributed by atoms with Gasteiger partial charge in [-0.3, -0.25) is 19.8 Å². The zero-order chi connectivity index (χ0) is 21.9. The summed E-state index contributed by atoms with van der Waals surface area (Å²) in [6.07, 6.45) is 0.257. The van der Waals surface area contributed by atoms with E-state index in [1.54, 1.807) is 4.90 Å². The van der Waals surface area contributed by atoms with Crippen LogP contribution in [0.15, 0.2) is 12.1 Å². The molecule has 0 radical (unpaired) electrons. The van der Waals surface area contributed by atoms with Gasteiger partial charge in [-0.05, 0) is 39.7 Å². The van der Waals surface area contributed by atoms with E-state index in [0.29, 0.717) is 19.4 Å². The molecule has 1 fully saturated rings. The third-order valence-corrected chi connectivity index (χ3v) is 4.97. The number of piperidine rings is 1. The van der Waals surface area contributed by atoms with Gasteiger partial charge in [-0.15, -0.1) is 0 Å². The number of carbonyl (C=O) groups is 2. The van der Waals surface area contributed by atoms with Gasteiger partial charge in [-0.2, -0.15) is 0 Å². The van der Waals surface area contributed by atoms with Gasteiger partial charge < -0.3 is 20.1 Å². The summed E-state index contributed by atoms with van der Waals surface area (Å²) in [6, 6.07) is 2.33. The summed E-state index contributed by atoms with van der Waals surface area (Å²) in [4.78, 5) is 38.7. The summed E-state index contributed by atoms with van der Waals surface area (Å²) in [5.41, 5.74) is -0.550. The number of ether oxygens (including phenoxy) is 1. The molecule has 0 saturated carbocycles. The number of carboxylic acid groups (broad SMARTS) is 1. The van der Waals surface area contributed by atoms with E-state index in [9.17, 15) is 24.8 Å². The minimum absolute atomic E-state index is 0.130. The lowest BCUT2D eigenvalue weighted by Crippen LogP contribution is -2.57. The van der Waals surface area contributed by atoms with E-state index in [0.717, 1.165) is 0 Å². The molecule has 1 aromatic rings. The van der Waals surface area contributed by atoms with E-state index in [1.807, 2.05) is 20.8 Å². The Balaban J connectivity index is 2.36. The van der Waals surface area contributed by atoms with Gasteiger partial charge in [-0.25, -0.2) is 4.79 Å². The van der Waals surface area contributed by atoms with Crippen LogP contribution in [-0.4, -0.2) is 70.7 Å². The molecule has 2 N–H and O–H groups in total. The number of methoxy groups -OCH3 is 1. The van der Waals surface area contributed by atoms with Crippen molar-refractivity contribution in [2.75, 3.05) is 32.6 Å². The third-order valence-electron chi connectivity index (χ3n) is 4.97. The van der Waals surface area contributed by atoms with Gasteiger partial charge in [0.25, 0.3) is 11.6 Å². The van der Waals surface area contributed by atoms with E-state index in [-0.39, 0.29) is 35.3 Å². The van der Waals surface area contributed by atoms with Crippen LogP contribution in [-0.2, 0) is 0 Å². The number of anilines is 1. The second kappa shape index (κ2) is 8.54. The van der Waals surface area contributed by atoms with Crippen molar-refractivity contribution in [2.45, 2.75) is 45.2 Å². The Bertz CT molecular complexity index is 805. The molecule has 1 saturated heterocycles. The second-order valence-electron chi connectivity index (χ2n) is 7.95. The highest BCUT2D eigenvalue weighted by atomic mass is 16.6. The predicted molar refractivity (Wildman–Crippen MR) is 108 cm³/mol. The molecule has 160 valence electrons. The van der Waals surface area contributed by atoms with Gasteiger partial charge >= 0.3 is 6.09 Å². The first-order valence-electron chi connectivity index (χ1n) is 9.37. The smallest absolute Gasteiger partial charge is 0.408 e. The highest BCUT2D eigenvalue weighted by Gasteiger charge is 2.37. The average molecular weight is 408 g/mol. The van der Waals surface area contributed by atoms with Crippen molar-refractivity contribution in [2.24, 2.45) is 0 Å². The molecular weight excluding hydrogens is 380 g/mol. The first kappa shape index (κ1) is 22.3. The number of likely N-dealkylation sites (tertiary alicyclic amines) is 1. The van der Waals surface area contributed by atoms with E-state index in [1.165, 1.54) is 31.2 Å². The molecule has 0 aromatic heterocycles. The van der Waals surface area contributed by atoms with Crippen LogP contribution < -0.4 is 10.1 Å². The summed E-state index contributed by atoms with van der Waals surface area (Å²) in [6.45, 7) is 6.12. The number of hydrogen-bond donors (Lipinski definition) is 2. The number of nitrogens with zero attached hydrogens (tertiary/aromatic N) is 3. The summed E-state index contributed by atoms with van der Waals surface area (Å²) < 4.78 is 5.22. The van der Waals surface area contributed by atoms with Crippen LogP contribution in [0.2, 0.25) is 0 Å². The van der Waals surface area contributed by atoms with Crippen LogP contribution in [0.3, 0.4) is 0 Å². The van der Waals surface area contributed by atoms with Crippen molar-refractivity contribution >= 4 is 23.4 Å². The van der Waals surface area contributed by atoms with Crippen LogP contribution in [0.1, 0.15) is 44.0 Å². The Morgan fingerprint density at radius 3 is 2.52 bits per heavy atom. The summed E-state index contributed by atoms with van der Waals surface area (Å²) in [5, 5.41) is 23.8. The maximum Gasteiger partial charge on any atom is 0.408 e. The Kier molecular flexibility index (Phi) is 6.55. The van der Waals surface area contributed by atoms with Crippen molar-refractivity contribution < 1.29 is 24.4 Å². The van der Waals surface area contributed by atoms with Gasteiger partial charge in [0.05, 0.1) is 23.6 Å². The topological polar surface area (TPSA) is 125 Å². The van der Waals surface area contributed by atoms with Gasteiger partial charge in [0, 0.05) is 31.7 Å². The van der Waals surface area contributed by atoms with Crippen LogP contribution in [0.5, 0.6) is 5.75 Å². The molecule has 0 aliphatic carbocycles. The van der Waals surface area contributed by atoms with Crippen LogP contribution in [0.4, 0.5) is 16.2 Å². The Hall–Kier alpha value is -3.04. The molecule has 1 heterocycles. The lowest BCUT2D eigenvalue weighted by molar-refractivity contribution is -0.384. The molecular formula is C19H28N4O6. The van der Waals surface area contributed by atoms with Crippen LogP contribution >= 0.6 is 0 Å². The molecule has 0 bridgehead atoms. The highest BCUT2D eigenvalue weighted by Crippen LogP contribution is 2.36. The Labute approximate surface area is 169 Å². The number of rotatable bonds is 5. The highest BCUT2D eigenvalue weighted by molar-refractivity contribution is 5.97. The first-order chi connectivity index (χ1) is 13.5. The molecule has 1 aromatic carbocycles. The fraction of sp³-hybridized carbons (Fsp3) is 0.579.